The van der Waals surface area contributed by atoms with E-state index >= 15 is 0 Å². The third kappa shape index (κ3) is 2.16. The maximum atomic E-state index is 11.8. The second kappa shape index (κ2) is 5.08. The number of hydrogen-bond acceptors (Lipinski definition) is 4. The molecule has 4 heteroatoms. The summed E-state index contributed by atoms with van der Waals surface area (Å²) in [6.07, 6.45) is 3.63. The van der Waals surface area contributed by atoms with Crippen LogP contribution in [-0.2, 0) is 22.8 Å². The molecule has 2 rings (SSSR count). The fourth-order valence-electron chi connectivity index (χ4n) is 1.97. The van der Waals surface area contributed by atoms with Crippen LogP contribution < -0.4 is 0 Å². The topological polar surface area (TPSA) is 74.6 Å². The van der Waals surface area contributed by atoms with Crippen molar-refractivity contribution >= 4 is 17.1 Å². The predicted molar refractivity (Wildman–Crippen MR) is 65.4 cm³/mol. The van der Waals surface area contributed by atoms with E-state index in [4.69, 9.17) is 0 Å². The molecule has 0 radical (unpaired) electrons. The molecule has 0 bridgehead atoms. The van der Waals surface area contributed by atoms with Gasteiger partial charge in [-0.25, -0.2) is 0 Å². The van der Waals surface area contributed by atoms with Gasteiger partial charge < -0.3 is 10.2 Å². The van der Waals surface area contributed by atoms with Gasteiger partial charge in [0, 0.05) is 5.57 Å². The highest BCUT2D eigenvalue weighted by Crippen LogP contribution is 2.27. The number of carbonyl (C=O) groups is 2. The Morgan fingerprint density at radius 1 is 0.944 bits per heavy atom. The van der Waals surface area contributed by atoms with Crippen molar-refractivity contribution in [2.24, 2.45) is 0 Å². The van der Waals surface area contributed by atoms with E-state index in [2.05, 4.69) is 0 Å². The zero-order valence-corrected chi connectivity index (χ0v) is 9.59. The van der Waals surface area contributed by atoms with E-state index in [1.807, 2.05) is 0 Å². The molecule has 2 N–H and O–H groups in total. The highest BCUT2D eigenvalue weighted by molar-refractivity contribution is 6.34. The van der Waals surface area contributed by atoms with Gasteiger partial charge in [0.05, 0.1) is 13.2 Å². The number of rotatable bonds is 3. The van der Waals surface area contributed by atoms with E-state index in [1.54, 1.807) is 18.2 Å². The molecular weight excluding hydrogens is 232 g/mol. The average molecular weight is 244 g/mol. The molecule has 0 aliphatic heterocycles. The molecule has 1 aliphatic carbocycles. The van der Waals surface area contributed by atoms with Crippen LogP contribution in [0.1, 0.15) is 16.7 Å². The number of allylic oxidation sites excluding steroid dienone is 4. The standard InChI is InChI=1S/C14H12O4/c15-7-9-2-1-3-10(8-16)14(9)12-6-11(17)4-5-13(12)18/h1-6,15-16H,7-8H2. The van der Waals surface area contributed by atoms with E-state index in [1.165, 1.54) is 18.2 Å². The Kier molecular flexibility index (Phi) is 3.50. The first-order chi connectivity index (χ1) is 8.67. The van der Waals surface area contributed by atoms with E-state index in [9.17, 15) is 19.8 Å². The second-order valence-electron chi connectivity index (χ2n) is 3.93. The molecular formula is C14H12O4. The largest absolute Gasteiger partial charge is 0.392 e. The zero-order valence-electron chi connectivity index (χ0n) is 9.59. The molecule has 0 heterocycles. The van der Waals surface area contributed by atoms with E-state index in [0.29, 0.717) is 16.7 Å². The number of benzene rings is 1. The van der Waals surface area contributed by atoms with Crippen LogP contribution >= 0.6 is 0 Å². The maximum Gasteiger partial charge on any atom is 0.186 e. The van der Waals surface area contributed by atoms with E-state index in [-0.39, 0.29) is 30.4 Å². The fourth-order valence-corrected chi connectivity index (χ4v) is 1.97. The molecule has 0 saturated carbocycles. The Hall–Kier alpha value is -2.04. The van der Waals surface area contributed by atoms with Gasteiger partial charge in [-0.15, -0.1) is 0 Å². The van der Waals surface area contributed by atoms with Crippen molar-refractivity contribution in [3.05, 3.63) is 53.1 Å². The molecule has 0 saturated heterocycles. The number of ketones is 2. The van der Waals surface area contributed by atoms with Gasteiger partial charge in [0.15, 0.2) is 11.6 Å². The summed E-state index contributed by atoms with van der Waals surface area (Å²) in [6.45, 7) is -0.516. The van der Waals surface area contributed by atoms with Crippen LogP contribution in [0.3, 0.4) is 0 Å². The number of carbonyl (C=O) groups excluding carboxylic acids is 2. The van der Waals surface area contributed by atoms with E-state index in [0.717, 1.165) is 0 Å². The van der Waals surface area contributed by atoms with Crippen LogP contribution in [0.25, 0.3) is 5.57 Å². The minimum absolute atomic E-state index is 0.219. The molecule has 1 aromatic rings. The zero-order chi connectivity index (χ0) is 13.1. The van der Waals surface area contributed by atoms with Crippen LogP contribution in [-0.4, -0.2) is 21.8 Å². The summed E-state index contributed by atoms with van der Waals surface area (Å²) in [5.74, 6) is -0.577. The van der Waals surface area contributed by atoms with Gasteiger partial charge in [0.2, 0.25) is 0 Å². The monoisotopic (exact) mass is 244 g/mol. The summed E-state index contributed by atoms with van der Waals surface area (Å²) >= 11 is 0. The predicted octanol–water partition coefficient (Wildman–Crippen LogP) is 0.763. The molecule has 0 amide bonds. The minimum Gasteiger partial charge on any atom is -0.392 e. The van der Waals surface area contributed by atoms with Crippen molar-refractivity contribution in [2.75, 3.05) is 0 Å². The molecule has 0 atom stereocenters. The second-order valence-corrected chi connectivity index (χ2v) is 3.93. The SMILES string of the molecule is O=C1C=CC(=O)C(c2c(CO)cccc2CO)=C1. The Balaban J connectivity index is 2.63. The van der Waals surface area contributed by atoms with Gasteiger partial charge >= 0.3 is 0 Å². The van der Waals surface area contributed by atoms with Crippen molar-refractivity contribution < 1.29 is 19.8 Å². The Labute approximate surface area is 104 Å². The molecule has 18 heavy (non-hydrogen) atoms. The van der Waals surface area contributed by atoms with Crippen LogP contribution in [0.5, 0.6) is 0 Å². The molecule has 0 unspecified atom stereocenters. The number of aliphatic hydroxyl groups is 2. The highest BCUT2D eigenvalue weighted by atomic mass is 16.3. The van der Waals surface area contributed by atoms with Gasteiger partial charge in [-0.05, 0) is 34.9 Å². The lowest BCUT2D eigenvalue weighted by Gasteiger charge is -2.15. The summed E-state index contributed by atoms with van der Waals surface area (Å²) in [4.78, 5) is 23.2. The molecule has 0 fully saturated rings. The van der Waals surface area contributed by atoms with Crippen LogP contribution in [0.15, 0.2) is 36.4 Å². The van der Waals surface area contributed by atoms with E-state index < -0.39 is 0 Å². The average Bonchev–Trinajstić information content (AvgIpc) is 2.40. The maximum absolute atomic E-state index is 11.8. The summed E-state index contributed by atoms with van der Waals surface area (Å²) in [5, 5.41) is 18.6. The third-order valence-corrected chi connectivity index (χ3v) is 2.80. The van der Waals surface area contributed by atoms with Gasteiger partial charge in [-0.3, -0.25) is 9.59 Å². The van der Waals surface area contributed by atoms with Gasteiger partial charge in [0.25, 0.3) is 0 Å². The van der Waals surface area contributed by atoms with Crippen LogP contribution in [0.4, 0.5) is 0 Å². The summed E-state index contributed by atoms with van der Waals surface area (Å²) in [5.41, 5.74) is 1.70. The van der Waals surface area contributed by atoms with Crippen molar-refractivity contribution in [3.8, 4) is 0 Å². The lowest BCUT2D eigenvalue weighted by molar-refractivity contribution is -0.113. The summed E-state index contributed by atoms with van der Waals surface area (Å²) < 4.78 is 0. The Morgan fingerprint density at radius 3 is 2.11 bits per heavy atom. The first-order valence-electron chi connectivity index (χ1n) is 5.48. The molecule has 1 aliphatic rings. The first-order valence-corrected chi connectivity index (χ1v) is 5.48. The first kappa shape index (κ1) is 12.4. The highest BCUT2D eigenvalue weighted by Gasteiger charge is 2.20. The number of hydrogen-bond donors (Lipinski definition) is 2. The van der Waals surface area contributed by atoms with Crippen molar-refractivity contribution in [2.45, 2.75) is 13.2 Å². The third-order valence-electron chi connectivity index (χ3n) is 2.80. The Morgan fingerprint density at radius 2 is 1.56 bits per heavy atom. The van der Waals surface area contributed by atoms with Crippen molar-refractivity contribution in [3.63, 3.8) is 0 Å². The van der Waals surface area contributed by atoms with Crippen LogP contribution in [0.2, 0.25) is 0 Å². The normalized spacial score (nSPS) is 14.9. The fraction of sp³-hybridized carbons (Fsp3) is 0.143. The summed E-state index contributed by atoms with van der Waals surface area (Å²) in [7, 11) is 0. The smallest absolute Gasteiger partial charge is 0.186 e. The molecule has 0 spiro atoms. The lowest BCUT2D eigenvalue weighted by Crippen LogP contribution is -2.11. The summed E-state index contributed by atoms with van der Waals surface area (Å²) in [6, 6.07) is 5.00. The molecule has 1 aromatic carbocycles. The van der Waals surface area contributed by atoms with Crippen molar-refractivity contribution in [1.29, 1.82) is 0 Å². The molecule has 0 aromatic heterocycles. The quantitative estimate of drug-likeness (QED) is 0.770. The van der Waals surface area contributed by atoms with Crippen LogP contribution in [0, 0.1) is 0 Å². The van der Waals surface area contributed by atoms with Gasteiger partial charge in [0.1, 0.15) is 0 Å². The minimum atomic E-state index is -0.301. The van der Waals surface area contributed by atoms with Gasteiger partial charge in [-0.1, -0.05) is 18.2 Å². The Bertz CT molecular complexity index is 545. The molecule has 4 nitrogen and oxygen atoms in total. The van der Waals surface area contributed by atoms with Crippen molar-refractivity contribution in [1.82, 2.24) is 0 Å². The molecule has 92 valence electrons. The van der Waals surface area contributed by atoms with Gasteiger partial charge in [-0.2, -0.15) is 0 Å². The lowest BCUT2D eigenvalue weighted by atomic mass is 9.89. The number of aliphatic hydroxyl groups excluding tert-OH is 2.